The summed E-state index contributed by atoms with van der Waals surface area (Å²) in [6.07, 6.45) is 1.85. The van der Waals surface area contributed by atoms with E-state index in [-0.39, 0.29) is 12.1 Å². The van der Waals surface area contributed by atoms with Gasteiger partial charge in [-0.3, -0.25) is 0 Å². The van der Waals surface area contributed by atoms with E-state index < -0.39 is 0 Å². The minimum atomic E-state index is 0.00880. The van der Waals surface area contributed by atoms with E-state index in [4.69, 9.17) is 10.8 Å². The van der Waals surface area contributed by atoms with E-state index in [9.17, 15) is 0 Å². The summed E-state index contributed by atoms with van der Waals surface area (Å²) in [6, 6.07) is 0.415. The Bertz CT molecular complexity index is 150. The van der Waals surface area contributed by atoms with Gasteiger partial charge in [0.25, 0.3) is 0 Å². The molecule has 3 heteroatoms. The lowest BCUT2D eigenvalue weighted by atomic mass is 9.87. The van der Waals surface area contributed by atoms with Crippen LogP contribution in [-0.4, -0.2) is 29.8 Å². The van der Waals surface area contributed by atoms with Crippen molar-refractivity contribution >= 4 is 0 Å². The summed E-state index contributed by atoms with van der Waals surface area (Å²) >= 11 is 0. The van der Waals surface area contributed by atoms with Gasteiger partial charge < -0.3 is 16.2 Å². The van der Waals surface area contributed by atoms with Gasteiger partial charge in [0.2, 0.25) is 0 Å². The summed E-state index contributed by atoms with van der Waals surface area (Å²) in [5, 5.41) is 12.3. The van der Waals surface area contributed by atoms with Gasteiger partial charge in [0.15, 0.2) is 0 Å². The molecule has 14 heavy (non-hydrogen) atoms. The van der Waals surface area contributed by atoms with Crippen molar-refractivity contribution in [3.8, 4) is 0 Å². The minimum absolute atomic E-state index is 0.00880. The zero-order valence-electron chi connectivity index (χ0n) is 10.0. The van der Waals surface area contributed by atoms with Crippen molar-refractivity contribution in [3.63, 3.8) is 0 Å². The van der Waals surface area contributed by atoms with Crippen molar-refractivity contribution in [2.24, 2.45) is 11.7 Å². The molecule has 3 nitrogen and oxygen atoms in total. The third-order valence-corrected chi connectivity index (χ3v) is 3.07. The lowest BCUT2D eigenvalue weighted by molar-refractivity contribution is 0.225. The number of nitrogens with one attached hydrogen (secondary N) is 1. The molecule has 2 unspecified atom stereocenters. The predicted octanol–water partition coefficient (Wildman–Crippen LogP) is 1.11. The maximum Gasteiger partial charge on any atom is 0.0431 e. The molecule has 86 valence electrons. The maximum atomic E-state index is 8.73. The molecule has 0 aromatic heterocycles. The zero-order chi connectivity index (χ0) is 11.2. The van der Waals surface area contributed by atoms with Crippen molar-refractivity contribution < 1.29 is 5.11 Å². The van der Waals surface area contributed by atoms with Crippen LogP contribution < -0.4 is 11.1 Å². The van der Waals surface area contributed by atoms with Crippen molar-refractivity contribution in [3.05, 3.63) is 0 Å². The summed E-state index contributed by atoms with van der Waals surface area (Å²) < 4.78 is 0. The van der Waals surface area contributed by atoms with Gasteiger partial charge in [0.05, 0.1) is 0 Å². The maximum absolute atomic E-state index is 8.73. The molecule has 0 aromatic carbocycles. The molecule has 0 aromatic rings. The Balaban J connectivity index is 4.03. The Hall–Kier alpha value is -0.120. The van der Waals surface area contributed by atoms with Gasteiger partial charge in [-0.05, 0) is 32.6 Å². The Morgan fingerprint density at radius 1 is 1.36 bits per heavy atom. The summed E-state index contributed by atoms with van der Waals surface area (Å²) in [6.45, 7) is 9.58. The Morgan fingerprint density at radius 3 is 2.29 bits per heavy atom. The first-order valence-electron chi connectivity index (χ1n) is 5.55. The van der Waals surface area contributed by atoms with Crippen LogP contribution in [0.5, 0.6) is 0 Å². The van der Waals surface area contributed by atoms with Crippen LogP contribution in [0.25, 0.3) is 0 Å². The topological polar surface area (TPSA) is 58.3 Å². The van der Waals surface area contributed by atoms with Crippen molar-refractivity contribution in [1.29, 1.82) is 0 Å². The second-order valence-electron chi connectivity index (χ2n) is 4.69. The standard InChI is InChI=1S/C11H26N2O/c1-9(2)11(4,8-12)13-10(3)6-5-7-14/h9-10,13-14H,5-8,12H2,1-4H3. The van der Waals surface area contributed by atoms with E-state index in [0.717, 1.165) is 12.8 Å². The van der Waals surface area contributed by atoms with Crippen LogP contribution in [0.15, 0.2) is 0 Å². The number of rotatable bonds is 7. The quantitative estimate of drug-likeness (QED) is 0.579. The van der Waals surface area contributed by atoms with Crippen LogP contribution in [-0.2, 0) is 0 Å². The lowest BCUT2D eigenvalue weighted by Gasteiger charge is -2.36. The van der Waals surface area contributed by atoms with Crippen molar-refractivity contribution in [1.82, 2.24) is 5.32 Å². The fourth-order valence-corrected chi connectivity index (χ4v) is 1.49. The van der Waals surface area contributed by atoms with E-state index in [1.165, 1.54) is 0 Å². The second-order valence-corrected chi connectivity index (χ2v) is 4.69. The van der Waals surface area contributed by atoms with Crippen LogP contribution in [0.2, 0.25) is 0 Å². The SMILES string of the molecule is CC(CCCO)NC(C)(CN)C(C)C. The average molecular weight is 202 g/mol. The van der Waals surface area contributed by atoms with Gasteiger partial charge in [-0.2, -0.15) is 0 Å². The molecule has 0 aliphatic rings. The number of aliphatic hydroxyl groups is 1. The zero-order valence-corrected chi connectivity index (χ0v) is 10.0. The third kappa shape index (κ3) is 4.40. The number of aliphatic hydroxyl groups excluding tert-OH is 1. The fraction of sp³-hybridized carbons (Fsp3) is 1.00. The first-order valence-corrected chi connectivity index (χ1v) is 5.55. The molecule has 0 radical (unpaired) electrons. The van der Waals surface area contributed by atoms with Crippen LogP contribution >= 0.6 is 0 Å². The van der Waals surface area contributed by atoms with Crippen molar-refractivity contribution in [2.45, 2.75) is 52.1 Å². The Morgan fingerprint density at radius 2 is 1.93 bits per heavy atom. The average Bonchev–Trinajstić information content (AvgIpc) is 2.14. The molecular weight excluding hydrogens is 176 g/mol. The first-order chi connectivity index (χ1) is 6.46. The molecular formula is C11H26N2O. The van der Waals surface area contributed by atoms with Crippen LogP contribution in [0, 0.1) is 5.92 Å². The van der Waals surface area contributed by atoms with Crippen molar-refractivity contribution in [2.75, 3.05) is 13.2 Å². The minimum Gasteiger partial charge on any atom is -0.396 e. The first kappa shape index (κ1) is 13.9. The highest BCUT2D eigenvalue weighted by Gasteiger charge is 2.27. The van der Waals surface area contributed by atoms with E-state index >= 15 is 0 Å². The van der Waals surface area contributed by atoms with Gasteiger partial charge in [-0.25, -0.2) is 0 Å². The summed E-state index contributed by atoms with van der Waals surface area (Å²) in [4.78, 5) is 0. The highest BCUT2D eigenvalue weighted by atomic mass is 16.2. The number of nitrogens with two attached hydrogens (primary N) is 1. The fourth-order valence-electron chi connectivity index (χ4n) is 1.49. The monoisotopic (exact) mass is 202 g/mol. The largest absolute Gasteiger partial charge is 0.396 e. The van der Waals surface area contributed by atoms with Gasteiger partial charge in [-0.15, -0.1) is 0 Å². The summed E-state index contributed by atoms with van der Waals surface area (Å²) in [5.74, 6) is 0.518. The van der Waals surface area contributed by atoms with Gasteiger partial charge in [0.1, 0.15) is 0 Å². The number of hydrogen-bond acceptors (Lipinski definition) is 3. The van der Waals surface area contributed by atoms with Gasteiger partial charge in [-0.1, -0.05) is 13.8 Å². The van der Waals surface area contributed by atoms with Crippen LogP contribution in [0.4, 0.5) is 0 Å². The Labute approximate surface area is 88.1 Å². The normalized spacial score (nSPS) is 18.2. The molecule has 0 aliphatic carbocycles. The second kappa shape index (κ2) is 6.38. The van der Waals surface area contributed by atoms with E-state index in [2.05, 4.69) is 33.0 Å². The van der Waals surface area contributed by atoms with Gasteiger partial charge in [0, 0.05) is 24.7 Å². The van der Waals surface area contributed by atoms with E-state index in [1.54, 1.807) is 0 Å². The van der Waals surface area contributed by atoms with Crippen LogP contribution in [0.1, 0.15) is 40.5 Å². The van der Waals surface area contributed by atoms with Gasteiger partial charge >= 0.3 is 0 Å². The highest BCUT2D eigenvalue weighted by Crippen LogP contribution is 2.16. The molecule has 0 saturated heterocycles. The molecule has 0 aliphatic heterocycles. The molecule has 0 amide bonds. The molecule has 0 spiro atoms. The molecule has 0 saturated carbocycles. The number of hydrogen-bond donors (Lipinski definition) is 3. The smallest absolute Gasteiger partial charge is 0.0431 e. The summed E-state index contributed by atoms with van der Waals surface area (Å²) in [5.41, 5.74) is 5.78. The molecule has 4 N–H and O–H groups in total. The van der Waals surface area contributed by atoms with E-state index in [1.807, 2.05) is 0 Å². The summed E-state index contributed by atoms with van der Waals surface area (Å²) in [7, 11) is 0. The van der Waals surface area contributed by atoms with Crippen LogP contribution in [0.3, 0.4) is 0 Å². The highest BCUT2D eigenvalue weighted by molar-refractivity contribution is 4.89. The molecule has 2 atom stereocenters. The lowest BCUT2D eigenvalue weighted by Crippen LogP contribution is -2.55. The van der Waals surface area contributed by atoms with E-state index in [0.29, 0.717) is 18.5 Å². The molecule has 0 fully saturated rings. The Kier molecular flexibility index (Phi) is 6.33. The third-order valence-electron chi connectivity index (χ3n) is 3.07. The molecule has 0 bridgehead atoms. The molecule has 0 heterocycles. The molecule has 0 rings (SSSR count). The predicted molar refractivity (Wildman–Crippen MR) is 61.2 cm³/mol.